The molecular formula is C12H24O6. The summed E-state index contributed by atoms with van der Waals surface area (Å²) in [5, 5.41) is 0. The molecule has 0 spiro atoms. The first kappa shape index (κ1) is 21.7. The van der Waals surface area contributed by atoms with Crippen LogP contribution in [-0.4, -0.2) is 38.2 Å². The highest BCUT2D eigenvalue weighted by molar-refractivity contribution is 5.68. The summed E-state index contributed by atoms with van der Waals surface area (Å²) in [6, 6.07) is 0. The molecule has 0 aromatic heterocycles. The van der Waals surface area contributed by atoms with Crippen molar-refractivity contribution in [2.24, 2.45) is 0 Å². The monoisotopic (exact) mass is 264 g/mol. The topological polar surface area (TPSA) is 78.9 Å². The molecule has 18 heavy (non-hydrogen) atoms. The first-order valence-corrected chi connectivity index (χ1v) is 5.69. The number of hydrogen-bond acceptors (Lipinski definition) is 6. The molecular weight excluding hydrogens is 240 g/mol. The minimum absolute atomic E-state index is 0.123. The summed E-state index contributed by atoms with van der Waals surface area (Å²) >= 11 is 0. The summed E-state index contributed by atoms with van der Waals surface area (Å²) in [6.45, 7) is 9.08. The molecule has 0 aliphatic heterocycles. The maximum absolute atomic E-state index is 10.2. The fraction of sp³-hybridized carbons (Fsp3) is 0.750. The van der Waals surface area contributed by atoms with Crippen LogP contribution in [0.25, 0.3) is 0 Å². The standard InChI is InChI=1S/C5H10O2.C4H8O2.C3H6O2/c1-3-5(6)7-4-2;1-3-6-4(2)5;1-3(4)5-2/h3-4H2,1-2H3;3H2,1-2H3;1-2H3. The normalized spacial score (nSPS) is 7.67. The number of carbonyl (C=O) groups excluding carboxylic acids is 3. The van der Waals surface area contributed by atoms with Crippen LogP contribution in [0.3, 0.4) is 0 Å². The van der Waals surface area contributed by atoms with Crippen molar-refractivity contribution in [3.63, 3.8) is 0 Å². The van der Waals surface area contributed by atoms with Crippen LogP contribution in [0, 0.1) is 0 Å². The van der Waals surface area contributed by atoms with E-state index in [-0.39, 0.29) is 17.9 Å². The number of esters is 3. The second-order valence-corrected chi connectivity index (χ2v) is 2.78. The minimum atomic E-state index is -0.245. The lowest BCUT2D eigenvalue weighted by atomic mass is 10.5. The van der Waals surface area contributed by atoms with Gasteiger partial charge in [-0.05, 0) is 13.8 Å². The van der Waals surface area contributed by atoms with E-state index in [0.717, 1.165) is 0 Å². The zero-order valence-electron chi connectivity index (χ0n) is 12.1. The van der Waals surface area contributed by atoms with Gasteiger partial charge < -0.3 is 14.2 Å². The van der Waals surface area contributed by atoms with Crippen molar-refractivity contribution in [3.05, 3.63) is 0 Å². The molecule has 0 bridgehead atoms. The van der Waals surface area contributed by atoms with E-state index in [1.807, 2.05) is 0 Å². The molecule has 0 radical (unpaired) electrons. The smallest absolute Gasteiger partial charge is 0.305 e. The van der Waals surface area contributed by atoms with Gasteiger partial charge in [-0.25, -0.2) is 0 Å². The van der Waals surface area contributed by atoms with Gasteiger partial charge in [0, 0.05) is 20.3 Å². The molecule has 6 nitrogen and oxygen atoms in total. The van der Waals surface area contributed by atoms with Crippen LogP contribution in [0.4, 0.5) is 0 Å². The molecule has 0 amide bonds. The zero-order valence-corrected chi connectivity index (χ0v) is 12.1. The average Bonchev–Trinajstić information content (AvgIpc) is 2.30. The van der Waals surface area contributed by atoms with Gasteiger partial charge in [0.2, 0.25) is 0 Å². The Bertz CT molecular complexity index is 225. The van der Waals surface area contributed by atoms with Crippen LogP contribution >= 0.6 is 0 Å². The highest BCUT2D eigenvalue weighted by Crippen LogP contribution is 1.80. The van der Waals surface area contributed by atoms with Gasteiger partial charge in [0.1, 0.15) is 0 Å². The Labute approximate surface area is 109 Å². The van der Waals surface area contributed by atoms with Crippen molar-refractivity contribution in [1.82, 2.24) is 0 Å². The lowest BCUT2D eigenvalue weighted by molar-refractivity contribution is -0.143. The SMILES string of the molecule is CCOC(=O)CC.CCOC(C)=O.COC(C)=O. The first-order valence-electron chi connectivity index (χ1n) is 5.69. The first-order chi connectivity index (χ1) is 8.35. The summed E-state index contributed by atoms with van der Waals surface area (Å²) in [4.78, 5) is 29.6. The quantitative estimate of drug-likeness (QED) is 0.570. The molecule has 0 aromatic carbocycles. The van der Waals surface area contributed by atoms with Gasteiger partial charge in [-0.1, -0.05) is 6.92 Å². The van der Waals surface area contributed by atoms with Crippen molar-refractivity contribution < 1.29 is 28.6 Å². The van der Waals surface area contributed by atoms with E-state index in [9.17, 15) is 14.4 Å². The highest BCUT2D eigenvalue weighted by atomic mass is 16.5. The van der Waals surface area contributed by atoms with E-state index in [0.29, 0.717) is 19.6 Å². The Morgan fingerprint density at radius 3 is 1.28 bits per heavy atom. The van der Waals surface area contributed by atoms with E-state index >= 15 is 0 Å². The molecule has 0 N–H and O–H groups in total. The Kier molecular flexibility index (Phi) is 21.4. The summed E-state index contributed by atoms with van der Waals surface area (Å²) in [6.07, 6.45) is 0.480. The third kappa shape index (κ3) is 36.6. The molecule has 0 heterocycles. The maximum Gasteiger partial charge on any atom is 0.305 e. The number of methoxy groups -OCH3 is 1. The lowest BCUT2D eigenvalue weighted by Crippen LogP contribution is -2.00. The van der Waals surface area contributed by atoms with Crippen molar-refractivity contribution in [2.75, 3.05) is 20.3 Å². The zero-order chi connectivity index (χ0) is 15.0. The summed E-state index contributed by atoms with van der Waals surface area (Å²) < 4.78 is 13.1. The number of rotatable bonds is 3. The summed E-state index contributed by atoms with van der Waals surface area (Å²) in [5.74, 6) is -0.579. The van der Waals surface area contributed by atoms with E-state index in [4.69, 9.17) is 0 Å². The molecule has 0 rings (SSSR count). The van der Waals surface area contributed by atoms with E-state index < -0.39 is 0 Å². The number of hydrogen-bond donors (Lipinski definition) is 0. The van der Waals surface area contributed by atoms with Gasteiger partial charge in [-0.2, -0.15) is 0 Å². The van der Waals surface area contributed by atoms with Crippen LogP contribution in [-0.2, 0) is 28.6 Å². The van der Waals surface area contributed by atoms with E-state index in [1.165, 1.54) is 21.0 Å². The van der Waals surface area contributed by atoms with Gasteiger partial charge in [0.15, 0.2) is 0 Å². The van der Waals surface area contributed by atoms with Crippen molar-refractivity contribution in [3.8, 4) is 0 Å². The van der Waals surface area contributed by atoms with E-state index in [1.54, 1.807) is 20.8 Å². The predicted octanol–water partition coefficient (Wildman–Crippen LogP) is 1.71. The van der Waals surface area contributed by atoms with Crippen molar-refractivity contribution in [1.29, 1.82) is 0 Å². The molecule has 108 valence electrons. The Morgan fingerprint density at radius 1 is 0.833 bits per heavy atom. The summed E-state index contributed by atoms with van der Waals surface area (Å²) in [5.41, 5.74) is 0. The van der Waals surface area contributed by atoms with Crippen LogP contribution in [0.2, 0.25) is 0 Å². The summed E-state index contributed by atoms with van der Waals surface area (Å²) in [7, 11) is 1.35. The Morgan fingerprint density at radius 2 is 1.22 bits per heavy atom. The number of carbonyl (C=O) groups is 3. The van der Waals surface area contributed by atoms with Crippen LogP contribution in [0.5, 0.6) is 0 Å². The van der Waals surface area contributed by atoms with Crippen LogP contribution in [0.15, 0.2) is 0 Å². The minimum Gasteiger partial charge on any atom is -0.469 e. The molecule has 0 saturated carbocycles. The fourth-order valence-electron chi connectivity index (χ4n) is 0.466. The molecule has 0 aliphatic carbocycles. The van der Waals surface area contributed by atoms with Crippen LogP contribution < -0.4 is 0 Å². The third-order valence-corrected chi connectivity index (χ3v) is 1.23. The van der Waals surface area contributed by atoms with E-state index in [2.05, 4.69) is 14.2 Å². The third-order valence-electron chi connectivity index (χ3n) is 1.23. The highest BCUT2D eigenvalue weighted by Gasteiger charge is 1.91. The maximum atomic E-state index is 10.2. The van der Waals surface area contributed by atoms with Crippen molar-refractivity contribution >= 4 is 17.9 Å². The van der Waals surface area contributed by atoms with Gasteiger partial charge >= 0.3 is 17.9 Å². The molecule has 0 aliphatic rings. The Balaban J connectivity index is -0.000000190. The lowest BCUT2D eigenvalue weighted by Gasteiger charge is -1.93. The molecule has 0 atom stereocenters. The largest absolute Gasteiger partial charge is 0.469 e. The van der Waals surface area contributed by atoms with Crippen molar-refractivity contribution in [2.45, 2.75) is 41.0 Å². The number of ether oxygens (including phenoxy) is 3. The second-order valence-electron chi connectivity index (χ2n) is 2.78. The van der Waals surface area contributed by atoms with Gasteiger partial charge in [-0.15, -0.1) is 0 Å². The van der Waals surface area contributed by atoms with Gasteiger partial charge in [0.05, 0.1) is 20.3 Å². The van der Waals surface area contributed by atoms with Crippen LogP contribution in [0.1, 0.15) is 41.0 Å². The van der Waals surface area contributed by atoms with Gasteiger partial charge in [0.25, 0.3) is 0 Å². The molecule has 0 unspecified atom stereocenters. The fourth-order valence-corrected chi connectivity index (χ4v) is 0.466. The molecule has 0 saturated heterocycles. The predicted molar refractivity (Wildman–Crippen MR) is 66.9 cm³/mol. The van der Waals surface area contributed by atoms with Gasteiger partial charge in [-0.3, -0.25) is 14.4 Å². The Hall–Kier alpha value is -1.59. The average molecular weight is 264 g/mol. The molecule has 6 heteroatoms. The molecule has 0 fully saturated rings. The second kappa shape index (κ2) is 17.8. The molecule has 0 aromatic rings.